The second kappa shape index (κ2) is 5.15. The van der Waals surface area contributed by atoms with E-state index in [4.69, 9.17) is 0 Å². The van der Waals surface area contributed by atoms with Gasteiger partial charge in [-0.2, -0.15) is 0 Å². The Labute approximate surface area is 96.8 Å². The predicted octanol–water partition coefficient (Wildman–Crippen LogP) is 0.404. The van der Waals surface area contributed by atoms with E-state index in [2.05, 4.69) is 17.6 Å². The van der Waals surface area contributed by atoms with Crippen LogP contribution < -0.4 is 10.6 Å². The number of rotatable bonds is 2. The molecule has 2 aliphatic rings. The Kier molecular flexibility index (Phi) is 3.82. The van der Waals surface area contributed by atoms with Gasteiger partial charge >= 0.3 is 0 Å². The standard InChI is InChI=1S/C12H22N2O2/c1-8-9(6-7-13-8)12(16)14-10-4-2-3-5-11(10)15/h8-11,13,15H,2-7H2,1H3,(H,14,16)/t8?,9?,10-,11-/m0/s1. The van der Waals surface area contributed by atoms with Crippen molar-refractivity contribution in [3.63, 3.8) is 0 Å². The normalized spacial score (nSPS) is 39.6. The minimum Gasteiger partial charge on any atom is -0.391 e. The van der Waals surface area contributed by atoms with Crippen LogP contribution in [0.25, 0.3) is 0 Å². The van der Waals surface area contributed by atoms with E-state index in [1.807, 2.05) is 0 Å². The molecule has 16 heavy (non-hydrogen) atoms. The molecule has 2 fully saturated rings. The van der Waals surface area contributed by atoms with Gasteiger partial charge in [-0.25, -0.2) is 0 Å². The fraction of sp³-hybridized carbons (Fsp3) is 0.917. The van der Waals surface area contributed by atoms with E-state index in [-0.39, 0.29) is 30.0 Å². The minimum absolute atomic E-state index is 0.0194. The highest BCUT2D eigenvalue weighted by Crippen LogP contribution is 2.20. The molecule has 0 spiro atoms. The van der Waals surface area contributed by atoms with E-state index in [1.165, 1.54) is 0 Å². The second-order valence-electron chi connectivity index (χ2n) is 5.10. The molecule has 0 radical (unpaired) electrons. The summed E-state index contributed by atoms with van der Waals surface area (Å²) in [6, 6.07) is 0.245. The van der Waals surface area contributed by atoms with E-state index >= 15 is 0 Å². The summed E-state index contributed by atoms with van der Waals surface area (Å²) in [6.45, 7) is 2.97. The largest absolute Gasteiger partial charge is 0.391 e. The maximum Gasteiger partial charge on any atom is 0.225 e. The van der Waals surface area contributed by atoms with E-state index in [9.17, 15) is 9.90 Å². The van der Waals surface area contributed by atoms with Gasteiger partial charge in [0.15, 0.2) is 0 Å². The summed E-state index contributed by atoms with van der Waals surface area (Å²) in [7, 11) is 0. The molecule has 1 saturated carbocycles. The molecular weight excluding hydrogens is 204 g/mol. The fourth-order valence-corrected chi connectivity index (χ4v) is 2.79. The number of carbonyl (C=O) groups is 1. The van der Waals surface area contributed by atoms with Gasteiger partial charge in [-0.1, -0.05) is 12.8 Å². The number of aliphatic hydroxyl groups is 1. The molecule has 4 nitrogen and oxygen atoms in total. The Morgan fingerprint density at radius 2 is 2.06 bits per heavy atom. The molecule has 1 saturated heterocycles. The van der Waals surface area contributed by atoms with Crippen LogP contribution in [0.2, 0.25) is 0 Å². The topological polar surface area (TPSA) is 61.4 Å². The summed E-state index contributed by atoms with van der Waals surface area (Å²) >= 11 is 0. The molecule has 0 aromatic carbocycles. The van der Waals surface area contributed by atoms with Crippen molar-refractivity contribution in [2.24, 2.45) is 5.92 Å². The molecule has 4 heteroatoms. The van der Waals surface area contributed by atoms with E-state index < -0.39 is 0 Å². The maximum absolute atomic E-state index is 12.0. The molecule has 0 bridgehead atoms. The number of hydrogen-bond acceptors (Lipinski definition) is 3. The van der Waals surface area contributed by atoms with E-state index in [0.29, 0.717) is 0 Å². The summed E-state index contributed by atoms with van der Waals surface area (Å²) in [4.78, 5) is 12.0. The summed E-state index contributed by atoms with van der Waals surface area (Å²) in [5, 5.41) is 16.1. The van der Waals surface area contributed by atoms with Gasteiger partial charge in [-0.3, -0.25) is 4.79 Å². The first-order valence-corrected chi connectivity index (χ1v) is 6.40. The van der Waals surface area contributed by atoms with Crippen LogP contribution >= 0.6 is 0 Å². The third kappa shape index (κ3) is 2.55. The van der Waals surface area contributed by atoms with E-state index in [1.54, 1.807) is 0 Å². The first-order chi connectivity index (χ1) is 7.68. The van der Waals surface area contributed by atoms with Crippen LogP contribution in [0.1, 0.15) is 39.0 Å². The number of carbonyl (C=O) groups excluding carboxylic acids is 1. The van der Waals surface area contributed by atoms with Crippen molar-refractivity contribution in [2.45, 2.75) is 57.2 Å². The molecule has 0 aromatic heterocycles. The van der Waals surface area contributed by atoms with Crippen LogP contribution in [-0.2, 0) is 4.79 Å². The molecular formula is C12H22N2O2. The maximum atomic E-state index is 12.0. The van der Waals surface area contributed by atoms with Gasteiger partial charge in [-0.15, -0.1) is 0 Å². The lowest BCUT2D eigenvalue weighted by molar-refractivity contribution is -0.127. The SMILES string of the molecule is CC1NCCC1C(=O)N[C@H]1CCCC[C@@H]1O. The molecule has 0 aromatic rings. The van der Waals surface area contributed by atoms with E-state index in [0.717, 1.165) is 38.6 Å². The number of hydrogen-bond donors (Lipinski definition) is 3. The lowest BCUT2D eigenvalue weighted by Crippen LogP contribution is -2.48. The molecule has 4 atom stereocenters. The summed E-state index contributed by atoms with van der Waals surface area (Å²) < 4.78 is 0. The highest BCUT2D eigenvalue weighted by molar-refractivity contribution is 5.80. The monoisotopic (exact) mass is 226 g/mol. The van der Waals surface area contributed by atoms with Crippen LogP contribution in [0.15, 0.2) is 0 Å². The molecule has 1 heterocycles. The fourth-order valence-electron chi connectivity index (χ4n) is 2.79. The average molecular weight is 226 g/mol. The first kappa shape index (κ1) is 11.9. The van der Waals surface area contributed by atoms with Crippen LogP contribution in [0.5, 0.6) is 0 Å². The summed E-state index contributed by atoms with van der Waals surface area (Å²) in [6.07, 6.45) is 4.50. The second-order valence-corrected chi connectivity index (χ2v) is 5.10. The van der Waals surface area contributed by atoms with Crippen LogP contribution in [0.4, 0.5) is 0 Å². The van der Waals surface area contributed by atoms with Gasteiger partial charge in [0.1, 0.15) is 0 Å². The zero-order chi connectivity index (χ0) is 11.5. The summed E-state index contributed by atoms with van der Waals surface area (Å²) in [5.41, 5.74) is 0. The smallest absolute Gasteiger partial charge is 0.225 e. The van der Waals surface area contributed by atoms with Crippen molar-refractivity contribution >= 4 is 5.91 Å². The molecule has 3 N–H and O–H groups in total. The Morgan fingerprint density at radius 3 is 2.69 bits per heavy atom. The predicted molar refractivity (Wildman–Crippen MR) is 62.0 cm³/mol. The number of aliphatic hydroxyl groups excluding tert-OH is 1. The lowest BCUT2D eigenvalue weighted by Gasteiger charge is -2.29. The number of amides is 1. The highest BCUT2D eigenvalue weighted by atomic mass is 16.3. The van der Waals surface area contributed by atoms with Crippen molar-refractivity contribution in [1.82, 2.24) is 10.6 Å². The molecule has 92 valence electrons. The zero-order valence-corrected chi connectivity index (χ0v) is 9.91. The molecule has 1 aliphatic heterocycles. The molecule has 2 rings (SSSR count). The Hall–Kier alpha value is -0.610. The third-order valence-corrected chi connectivity index (χ3v) is 3.92. The highest BCUT2D eigenvalue weighted by Gasteiger charge is 2.32. The zero-order valence-electron chi connectivity index (χ0n) is 9.91. The first-order valence-electron chi connectivity index (χ1n) is 6.40. The Bertz CT molecular complexity index is 257. The van der Waals surface area contributed by atoms with Crippen molar-refractivity contribution in [2.75, 3.05) is 6.54 Å². The summed E-state index contributed by atoms with van der Waals surface area (Å²) in [5.74, 6) is 0.192. The van der Waals surface area contributed by atoms with Crippen molar-refractivity contribution in [3.8, 4) is 0 Å². The lowest BCUT2D eigenvalue weighted by atomic mass is 9.91. The van der Waals surface area contributed by atoms with Crippen molar-refractivity contribution in [1.29, 1.82) is 0 Å². The van der Waals surface area contributed by atoms with Gasteiger partial charge in [-0.05, 0) is 32.7 Å². The van der Waals surface area contributed by atoms with Crippen molar-refractivity contribution < 1.29 is 9.90 Å². The molecule has 1 aliphatic carbocycles. The third-order valence-electron chi connectivity index (χ3n) is 3.92. The Morgan fingerprint density at radius 1 is 1.31 bits per heavy atom. The van der Waals surface area contributed by atoms with Gasteiger partial charge in [0, 0.05) is 6.04 Å². The van der Waals surface area contributed by atoms with Crippen LogP contribution in [-0.4, -0.2) is 35.7 Å². The minimum atomic E-state index is -0.345. The van der Waals surface area contributed by atoms with Crippen LogP contribution in [0, 0.1) is 5.92 Å². The Balaban J connectivity index is 1.86. The van der Waals surface area contributed by atoms with Crippen LogP contribution in [0.3, 0.4) is 0 Å². The number of nitrogens with one attached hydrogen (secondary N) is 2. The quantitative estimate of drug-likeness (QED) is 0.639. The molecule has 1 amide bonds. The van der Waals surface area contributed by atoms with Gasteiger partial charge in [0.05, 0.1) is 18.1 Å². The molecule has 2 unspecified atom stereocenters. The van der Waals surface area contributed by atoms with Crippen molar-refractivity contribution in [3.05, 3.63) is 0 Å². The van der Waals surface area contributed by atoms with Gasteiger partial charge < -0.3 is 15.7 Å². The van der Waals surface area contributed by atoms with Gasteiger partial charge in [0.2, 0.25) is 5.91 Å². The average Bonchev–Trinajstić information content (AvgIpc) is 2.68. The van der Waals surface area contributed by atoms with Gasteiger partial charge in [0.25, 0.3) is 0 Å².